The van der Waals surface area contributed by atoms with Crippen LogP contribution in [0.5, 0.6) is 5.75 Å². The van der Waals surface area contributed by atoms with Gasteiger partial charge in [-0.15, -0.1) is 0 Å². The first kappa shape index (κ1) is 23.5. The second-order valence-electron chi connectivity index (χ2n) is 6.86. The number of benzene rings is 3. The molecule has 0 aliphatic rings. The summed E-state index contributed by atoms with van der Waals surface area (Å²) in [6.07, 6.45) is 1.52. The lowest BCUT2D eigenvalue weighted by Gasteiger charge is -2.13. The molecule has 3 aromatic carbocycles. The van der Waals surface area contributed by atoms with Gasteiger partial charge in [0.1, 0.15) is 17.9 Å². The predicted octanol–water partition coefficient (Wildman–Crippen LogP) is 6.51. The molecule has 1 aromatic heterocycles. The Labute approximate surface area is 221 Å². The average molecular weight is 682 g/mol. The van der Waals surface area contributed by atoms with Gasteiger partial charge in [0, 0.05) is 25.1 Å². The first-order valence-corrected chi connectivity index (χ1v) is 12.1. The molecule has 0 saturated carbocycles. The third kappa shape index (κ3) is 5.66. The first-order valence-electron chi connectivity index (χ1n) is 9.57. The van der Waals surface area contributed by atoms with E-state index in [1.165, 1.54) is 6.21 Å². The molecule has 0 fully saturated rings. The largest absolute Gasteiger partial charge is 0.487 e. The molecule has 0 atom stereocenters. The number of furan rings is 1. The van der Waals surface area contributed by atoms with Gasteiger partial charge in [-0.25, -0.2) is 5.43 Å². The fourth-order valence-corrected chi connectivity index (χ4v) is 5.30. The van der Waals surface area contributed by atoms with Crippen molar-refractivity contribution in [3.8, 4) is 11.8 Å². The molecule has 4 rings (SSSR count). The Bertz CT molecular complexity index is 1430. The number of carbonyl (C=O) groups is 1. The number of rotatable bonds is 6. The van der Waals surface area contributed by atoms with Crippen LogP contribution in [0.3, 0.4) is 0 Å². The molecule has 0 bridgehead atoms. The molecule has 9 heteroatoms. The van der Waals surface area contributed by atoms with E-state index in [2.05, 4.69) is 61.8 Å². The average Bonchev–Trinajstić information content (AvgIpc) is 3.22. The number of fused-ring (bicyclic) bond motifs is 1. The Balaban J connectivity index is 1.52. The molecule has 1 N–H and O–H groups in total. The molecule has 6 nitrogen and oxygen atoms in total. The van der Waals surface area contributed by atoms with Gasteiger partial charge in [-0.2, -0.15) is 10.4 Å². The third-order valence-electron chi connectivity index (χ3n) is 4.62. The first-order chi connectivity index (χ1) is 15.9. The highest BCUT2D eigenvalue weighted by atomic mass is 127. The molecule has 1 amide bonds. The zero-order chi connectivity index (χ0) is 23.4. The van der Waals surface area contributed by atoms with Crippen LogP contribution in [0.1, 0.15) is 27.2 Å². The summed E-state index contributed by atoms with van der Waals surface area (Å²) in [6, 6.07) is 20.1. The molecule has 0 unspecified atom stereocenters. The van der Waals surface area contributed by atoms with Crippen LogP contribution in [0, 0.1) is 18.5 Å². The van der Waals surface area contributed by atoms with Crippen molar-refractivity contribution in [3.63, 3.8) is 0 Å². The summed E-state index contributed by atoms with van der Waals surface area (Å²) in [5, 5.41) is 14.7. The molecule has 0 aliphatic carbocycles. The van der Waals surface area contributed by atoms with Crippen LogP contribution in [0.15, 0.2) is 70.2 Å². The number of hydrogen-bond donors (Lipinski definition) is 1. The van der Waals surface area contributed by atoms with Crippen LogP contribution in [0.4, 0.5) is 0 Å². The number of nitrogens with zero attached hydrogens (tertiary/aromatic N) is 2. The van der Waals surface area contributed by atoms with Crippen molar-refractivity contribution in [2.24, 2.45) is 5.10 Å². The molecule has 164 valence electrons. The van der Waals surface area contributed by atoms with Crippen LogP contribution in [-0.4, -0.2) is 12.1 Å². The van der Waals surface area contributed by atoms with E-state index in [-0.39, 0.29) is 12.4 Å². The molecule has 0 aliphatic heterocycles. The highest BCUT2D eigenvalue weighted by Gasteiger charge is 2.13. The van der Waals surface area contributed by atoms with Crippen molar-refractivity contribution in [2.45, 2.75) is 6.61 Å². The Morgan fingerprint density at radius 2 is 2.00 bits per heavy atom. The lowest BCUT2D eigenvalue weighted by molar-refractivity contribution is 0.0929. The maximum atomic E-state index is 12.5. The van der Waals surface area contributed by atoms with Crippen molar-refractivity contribution in [1.82, 2.24) is 5.43 Å². The van der Waals surface area contributed by atoms with E-state index in [1.54, 1.807) is 30.3 Å². The smallest absolute Gasteiger partial charge is 0.307 e. The monoisotopic (exact) mass is 681 g/mol. The molecule has 0 saturated heterocycles. The molecule has 0 radical (unpaired) electrons. The van der Waals surface area contributed by atoms with E-state index in [1.807, 2.05) is 30.3 Å². The fourth-order valence-electron chi connectivity index (χ4n) is 3.08. The number of hydrazone groups is 1. The van der Waals surface area contributed by atoms with Gasteiger partial charge in [-0.05, 0) is 87.6 Å². The van der Waals surface area contributed by atoms with Gasteiger partial charge in [0.15, 0.2) is 5.76 Å². The number of hydrogen-bond acceptors (Lipinski definition) is 5. The lowest BCUT2D eigenvalue weighted by Crippen LogP contribution is -2.16. The van der Waals surface area contributed by atoms with Crippen molar-refractivity contribution in [2.75, 3.05) is 0 Å². The minimum atomic E-state index is -0.482. The maximum absolute atomic E-state index is 12.5. The normalized spacial score (nSPS) is 11.0. The summed E-state index contributed by atoms with van der Waals surface area (Å²) in [7, 11) is 0. The van der Waals surface area contributed by atoms with E-state index in [0.717, 1.165) is 18.1 Å². The fraction of sp³-hybridized carbons (Fsp3) is 0.0417. The summed E-state index contributed by atoms with van der Waals surface area (Å²) in [5.74, 6) is 0.260. The van der Waals surface area contributed by atoms with Crippen molar-refractivity contribution < 1.29 is 13.9 Å². The summed E-state index contributed by atoms with van der Waals surface area (Å²) in [4.78, 5) is 12.5. The number of nitriles is 1. The topological polar surface area (TPSA) is 87.6 Å². The SMILES string of the molecule is N#Cc1ccccc1COc1c(I)cc(I)cc1/C=N/NC(=O)c1cc2cc(Cl)ccc2o1. The van der Waals surface area contributed by atoms with Gasteiger partial charge in [0.25, 0.3) is 0 Å². The van der Waals surface area contributed by atoms with Crippen molar-refractivity contribution in [3.05, 3.63) is 95.3 Å². The van der Waals surface area contributed by atoms with Gasteiger partial charge < -0.3 is 9.15 Å². The van der Waals surface area contributed by atoms with Gasteiger partial charge in [0.2, 0.25) is 0 Å². The predicted molar refractivity (Wildman–Crippen MR) is 144 cm³/mol. The number of ether oxygens (including phenoxy) is 1. The quantitative estimate of drug-likeness (QED) is 0.143. The van der Waals surface area contributed by atoms with E-state index >= 15 is 0 Å². The zero-order valence-electron chi connectivity index (χ0n) is 16.8. The van der Waals surface area contributed by atoms with Crippen LogP contribution >= 0.6 is 56.8 Å². The summed E-state index contributed by atoms with van der Waals surface area (Å²) in [6.45, 7) is 0.231. The zero-order valence-corrected chi connectivity index (χ0v) is 21.9. The Morgan fingerprint density at radius 3 is 2.82 bits per heavy atom. The lowest BCUT2D eigenvalue weighted by atomic mass is 10.1. The van der Waals surface area contributed by atoms with Crippen molar-refractivity contribution in [1.29, 1.82) is 5.26 Å². The Hall–Kier alpha value is -2.62. The molecular weight excluding hydrogens is 668 g/mol. The van der Waals surface area contributed by atoms with Crippen LogP contribution in [0.2, 0.25) is 5.02 Å². The standard InChI is InChI=1S/C24H14ClI2N3O3/c25-18-5-6-21-16(7-18)9-22(33-21)24(31)30-29-12-17-8-19(26)10-20(27)23(17)32-13-15-4-2-1-3-14(15)11-28/h1-10,12H,13H2,(H,30,31)/b29-12+. The summed E-state index contributed by atoms with van der Waals surface area (Å²) < 4.78 is 13.5. The second kappa shape index (κ2) is 10.5. The van der Waals surface area contributed by atoms with Crippen molar-refractivity contribution >= 4 is 79.9 Å². The minimum absolute atomic E-state index is 0.131. The minimum Gasteiger partial charge on any atom is -0.487 e. The number of nitrogens with one attached hydrogen (secondary N) is 1. The van der Waals surface area contributed by atoms with Gasteiger partial charge >= 0.3 is 5.91 Å². The highest BCUT2D eigenvalue weighted by molar-refractivity contribution is 14.1. The number of halogens is 3. The van der Waals surface area contributed by atoms with Gasteiger partial charge in [-0.3, -0.25) is 4.79 Å². The van der Waals surface area contributed by atoms with Gasteiger partial charge in [0.05, 0.1) is 21.4 Å². The van der Waals surface area contributed by atoms with E-state index in [9.17, 15) is 10.1 Å². The summed E-state index contributed by atoms with van der Waals surface area (Å²) >= 11 is 10.4. The maximum Gasteiger partial charge on any atom is 0.307 e. The van der Waals surface area contributed by atoms with E-state index in [0.29, 0.717) is 27.5 Å². The molecular formula is C24H14ClI2N3O3. The van der Waals surface area contributed by atoms with E-state index < -0.39 is 5.91 Å². The highest BCUT2D eigenvalue weighted by Crippen LogP contribution is 2.29. The third-order valence-corrected chi connectivity index (χ3v) is 6.28. The number of carbonyl (C=O) groups excluding carboxylic acids is 1. The molecule has 33 heavy (non-hydrogen) atoms. The van der Waals surface area contributed by atoms with E-state index in [4.69, 9.17) is 20.8 Å². The summed E-state index contributed by atoms with van der Waals surface area (Å²) in [5.41, 5.74) is 5.09. The van der Waals surface area contributed by atoms with Crippen LogP contribution in [0.25, 0.3) is 11.0 Å². The van der Waals surface area contributed by atoms with Crippen LogP contribution < -0.4 is 10.2 Å². The molecule has 4 aromatic rings. The Kier molecular flexibility index (Phi) is 7.52. The molecule has 1 heterocycles. The van der Waals surface area contributed by atoms with Gasteiger partial charge in [-0.1, -0.05) is 29.8 Å². The van der Waals surface area contributed by atoms with Crippen LogP contribution in [-0.2, 0) is 6.61 Å². The second-order valence-corrected chi connectivity index (χ2v) is 9.70. The Morgan fingerprint density at radius 1 is 1.18 bits per heavy atom. The molecule has 0 spiro atoms. The number of amides is 1.